The number of benzene rings is 2. The number of carbonyl (C=O) groups excluding carboxylic acids is 2. The first-order valence-corrected chi connectivity index (χ1v) is 41.9. The number of aromatic amines is 2. The van der Waals surface area contributed by atoms with E-state index in [0.29, 0.717) is 106 Å². The molecule has 2 amide bonds. The third-order valence-electron chi connectivity index (χ3n) is 17.1. The van der Waals surface area contributed by atoms with Crippen LogP contribution in [0.25, 0.3) is 55.4 Å². The predicted molar refractivity (Wildman–Crippen MR) is 396 cm³/mol. The summed E-state index contributed by atoms with van der Waals surface area (Å²) in [5.74, 6) is 6.47. The van der Waals surface area contributed by atoms with E-state index in [2.05, 4.69) is 96.4 Å². The maximum atomic E-state index is 13.0. The van der Waals surface area contributed by atoms with Gasteiger partial charge in [0.05, 0.1) is 55.1 Å². The Morgan fingerprint density at radius 3 is 1.70 bits per heavy atom. The standard InChI is InChI=1S/C28H39ClN4O4Si.C21H24N4O4.C13H19Cl2N3OSi.C7H5Cl2N3/c1-18(21-8-10-23(35-4)11-9-21)32-16-22(14-26(32)34)19(2)37-28-27-24(15-25(29)31-28)30-20(3)33(27)17-36-12-13-38(5,6)7;1-11(14-8-19(26)22-10-14)29-21-20-16(23-12(2)24-20)9-15(25-21)13-5-6-17(27-3)18(7-13)28-4;1-9-16-10-7-11(14)17-13(15)12(10)18(9)8-19-5-6-20(2,3)4;1-3-10-4-2-5(8)12-7(9)6(4)11-3/h8-11,15,18-19,22H,12-14,16-17H2,1-7H3;5-7,9,11,14H,8,10H2,1-4H3,(H,22,26)(H,23,24);7H,5-6,8H2,1-4H3;2H,1H3,(H,10,11)/t18-,19-,22-;11-,14-;;/m11../s1. The molecule has 12 rings (SSSR count). The number of methoxy groups -OCH3 is 3. The van der Waals surface area contributed by atoms with Crippen LogP contribution in [0.4, 0.5) is 0 Å². The first kappa shape index (κ1) is 75.9. The predicted octanol–water partition coefficient (Wildman–Crippen LogP) is 15.9. The fourth-order valence-corrected chi connectivity index (χ4v) is 14.0. The van der Waals surface area contributed by atoms with Gasteiger partial charge in [-0.15, -0.1) is 0 Å². The second kappa shape index (κ2) is 33.0. The van der Waals surface area contributed by atoms with Crippen molar-refractivity contribution in [2.75, 3.05) is 47.6 Å². The molecule has 2 aliphatic rings. The number of halogens is 5. The molecule has 0 unspecified atom stereocenters. The Labute approximate surface area is 603 Å². The zero-order valence-corrected chi connectivity index (χ0v) is 64.6. The highest BCUT2D eigenvalue weighted by Gasteiger charge is 2.38. The number of pyridine rings is 4. The van der Waals surface area contributed by atoms with Crippen molar-refractivity contribution in [3.63, 3.8) is 0 Å². The van der Waals surface area contributed by atoms with Gasteiger partial charge in [-0.1, -0.05) is 109 Å². The van der Waals surface area contributed by atoms with E-state index in [-0.39, 0.29) is 41.9 Å². The molecule has 0 saturated carbocycles. The lowest BCUT2D eigenvalue weighted by Crippen LogP contribution is -2.31. The highest BCUT2D eigenvalue weighted by atomic mass is 35.5. The summed E-state index contributed by atoms with van der Waals surface area (Å²) in [5.41, 5.74) is 8.67. The first-order chi connectivity index (χ1) is 46.9. The van der Waals surface area contributed by atoms with Gasteiger partial charge in [0.25, 0.3) is 0 Å². The average Bonchev–Trinajstić information content (AvgIpc) is 1.69. The third-order valence-corrected chi connectivity index (χ3v) is 21.6. The van der Waals surface area contributed by atoms with Crippen molar-refractivity contribution in [2.45, 2.75) is 144 Å². The molecule has 23 nitrogen and oxygen atoms in total. The molecule has 0 bridgehead atoms. The monoisotopic (exact) mass is 1490 g/mol. The number of hydrogen-bond donors (Lipinski definition) is 3. The van der Waals surface area contributed by atoms with Gasteiger partial charge in [-0.3, -0.25) is 14.2 Å². The fraction of sp³-hybridized carbons (Fsp3) is 0.449. The van der Waals surface area contributed by atoms with Crippen LogP contribution in [0.5, 0.6) is 29.0 Å². The number of nitrogens with one attached hydrogen (secondary N) is 3. The summed E-state index contributed by atoms with van der Waals surface area (Å²) in [6.07, 6.45) is 0.447. The summed E-state index contributed by atoms with van der Waals surface area (Å²) < 4.78 is 44.3. The van der Waals surface area contributed by atoms with E-state index in [4.69, 9.17) is 96.1 Å². The van der Waals surface area contributed by atoms with E-state index in [1.807, 2.05) is 104 Å². The quantitative estimate of drug-likeness (QED) is 0.0324. The van der Waals surface area contributed by atoms with Crippen LogP contribution in [0.2, 0.25) is 77.1 Å². The third kappa shape index (κ3) is 19.6. The molecular formula is C69H87Cl5N14O9Si2. The maximum Gasteiger partial charge on any atom is 0.243 e. The number of hydrogen-bond acceptors (Lipinski definition) is 17. The van der Waals surface area contributed by atoms with Crippen LogP contribution in [0, 0.1) is 39.5 Å². The van der Waals surface area contributed by atoms with Crippen LogP contribution in [-0.4, -0.2) is 152 Å². The topological polar surface area (TPSA) is 259 Å². The van der Waals surface area contributed by atoms with Crippen LogP contribution in [0.3, 0.4) is 0 Å². The number of nitrogens with zero attached hydrogens (tertiary/aromatic N) is 11. The van der Waals surface area contributed by atoms with Crippen LogP contribution in [-0.2, 0) is 32.5 Å². The Balaban J connectivity index is 0.000000165. The molecule has 8 aromatic heterocycles. The summed E-state index contributed by atoms with van der Waals surface area (Å²) >= 11 is 29.9. The fourth-order valence-electron chi connectivity index (χ4n) is 11.3. The minimum absolute atomic E-state index is 0.0180. The molecule has 2 saturated heterocycles. The van der Waals surface area contributed by atoms with E-state index < -0.39 is 16.1 Å². The Kier molecular flexibility index (Phi) is 25.3. The van der Waals surface area contributed by atoms with Crippen molar-refractivity contribution in [3.05, 3.63) is 121 Å². The zero-order valence-electron chi connectivity index (χ0n) is 58.8. The van der Waals surface area contributed by atoms with E-state index >= 15 is 0 Å². The minimum Gasteiger partial charge on any atom is -0.497 e. The van der Waals surface area contributed by atoms with Crippen LogP contribution >= 0.6 is 58.0 Å². The number of carbonyl (C=O) groups is 2. The second-order valence-corrected chi connectivity index (χ2v) is 40.1. The Bertz CT molecular complexity index is 4480. The zero-order chi connectivity index (χ0) is 71.8. The normalized spacial score (nSPS) is 15.7. The van der Waals surface area contributed by atoms with E-state index in [1.165, 1.54) is 0 Å². The van der Waals surface area contributed by atoms with Crippen molar-refractivity contribution < 1.29 is 42.7 Å². The molecule has 99 heavy (non-hydrogen) atoms. The smallest absolute Gasteiger partial charge is 0.243 e. The van der Waals surface area contributed by atoms with E-state index in [9.17, 15) is 9.59 Å². The summed E-state index contributed by atoms with van der Waals surface area (Å²) in [4.78, 5) is 67.7. The maximum absolute atomic E-state index is 13.0. The lowest BCUT2D eigenvalue weighted by molar-refractivity contribution is -0.129. The van der Waals surface area contributed by atoms with Gasteiger partial charge in [-0.2, -0.15) is 4.98 Å². The number of rotatable bonds is 22. The summed E-state index contributed by atoms with van der Waals surface area (Å²) in [6, 6.07) is 22.8. The highest BCUT2D eigenvalue weighted by molar-refractivity contribution is 6.76. The number of H-pyrrole nitrogens is 2. The van der Waals surface area contributed by atoms with Crippen molar-refractivity contribution in [2.24, 2.45) is 11.8 Å². The van der Waals surface area contributed by atoms with E-state index in [0.717, 1.165) is 97.7 Å². The summed E-state index contributed by atoms with van der Waals surface area (Å²) in [5, 5.41) is 4.59. The molecule has 2 aliphatic heterocycles. The molecule has 2 fully saturated rings. The SMILES string of the molecule is COc1ccc(-c2cc3[nH]c(C)nc3c(O[C@H](C)[C@H]3CNC(=O)C3)n2)cc1OC.COc1ccc([C@@H](C)N2C[C@H]([C@@H](C)Oc3nc(Cl)cc4nc(C)n(COCC[Si](C)(C)C)c34)CC2=O)cc1.Cc1nc2c(Cl)nc(Cl)cc2[nH]1.Cc1nc2cc(Cl)nc(Cl)c2n1COCC[Si](C)(C)C. The molecule has 0 aliphatic carbocycles. The van der Waals surface area contributed by atoms with Gasteiger partial charge in [-0.25, -0.2) is 34.9 Å². The molecule has 2 aromatic carbocycles. The Morgan fingerprint density at radius 2 is 1.11 bits per heavy atom. The van der Waals surface area contributed by atoms with Gasteiger partial charge in [0.2, 0.25) is 23.6 Å². The molecular weight excluding hydrogens is 1400 g/mol. The largest absolute Gasteiger partial charge is 0.497 e. The Morgan fingerprint density at radius 1 is 0.566 bits per heavy atom. The Hall–Kier alpha value is -7.34. The number of amides is 2. The van der Waals surface area contributed by atoms with E-state index in [1.54, 1.807) is 39.5 Å². The summed E-state index contributed by atoms with van der Waals surface area (Å²) in [6.45, 7) is 31.1. The second-order valence-electron chi connectivity index (χ2n) is 27.0. The van der Waals surface area contributed by atoms with Crippen molar-refractivity contribution >= 4 is 130 Å². The van der Waals surface area contributed by atoms with Crippen molar-refractivity contribution in [3.8, 4) is 40.3 Å². The van der Waals surface area contributed by atoms with Gasteiger partial charge in [-0.05, 0) is 103 Å². The molecule has 30 heteroatoms. The van der Waals surface area contributed by atoms with Crippen LogP contribution < -0.4 is 29.0 Å². The highest BCUT2D eigenvalue weighted by Crippen LogP contribution is 2.38. The van der Waals surface area contributed by atoms with Crippen molar-refractivity contribution in [1.82, 2.24) is 69.2 Å². The summed E-state index contributed by atoms with van der Waals surface area (Å²) in [7, 11) is 2.59. The van der Waals surface area contributed by atoms with Gasteiger partial charge in [0, 0.05) is 90.9 Å². The lowest BCUT2D eigenvalue weighted by atomic mass is 10.0. The van der Waals surface area contributed by atoms with Crippen molar-refractivity contribution in [1.29, 1.82) is 0 Å². The number of aryl methyl sites for hydroxylation is 4. The number of ether oxygens (including phenoxy) is 7. The molecule has 10 aromatic rings. The number of imidazole rings is 4. The van der Waals surface area contributed by atoms with Crippen LogP contribution in [0.15, 0.2) is 66.7 Å². The molecule has 5 atom stereocenters. The van der Waals surface area contributed by atoms with Gasteiger partial charge < -0.3 is 57.9 Å². The molecule has 530 valence electrons. The number of aromatic nitrogens is 12. The minimum atomic E-state index is -1.19. The molecule has 3 N–H and O–H groups in total. The molecule has 0 radical (unpaired) electrons. The van der Waals surface area contributed by atoms with Gasteiger partial charge in [0.15, 0.2) is 27.3 Å². The number of likely N-dealkylation sites (tertiary alicyclic amines) is 1. The molecule has 10 heterocycles. The van der Waals surface area contributed by atoms with Crippen LogP contribution in [0.1, 0.15) is 68.5 Å². The average molecular weight is 1490 g/mol. The first-order valence-electron chi connectivity index (χ1n) is 32.6. The number of fused-ring (bicyclic) bond motifs is 4. The van der Waals surface area contributed by atoms with Gasteiger partial charge >= 0.3 is 0 Å². The molecule has 0 spiro atoms. The van der Waals surface area contributed by atoms with Gasteiger partial charge in [0.1, 0.15) is 86.7 Å². The lowest BCUT2D eigenvalue weighted by Gasteiger charge is -2.26.